The summed E-state index contributed by atoms with van der Waals surface area (Å²) in [4.78, 5) is 25.7. The van der Waals surface area contributed by atoms with Crippen LogP contribution in [-0.2, 0) is 14.3 Å². The molecule has 0 aromatic heterocycles. The fourth-order valence-corrected chi connectivity index (χ4v) is 2.78. The maximum absolute atomic E-state index is 12.1. The van der Waals surface area contributed by atoms with Crippen molar-refractivity contribution in [3.63, 3.8) is 0 Å². The minimum absolute atomic E-state index is 0.142. The molecule has 1 saturated heterocycles. The molecule has 0 unspecified atom stereocenters. The molecule has 1 heterocycles. The number of piperidine rings is 1. The molecule has 136 valence electrons. The molecule has 0 aliphatic carbocycles. The van der Waals surface area contributed by atoms with Gasteiger partial charge < -0.3 is 19.1 Å². The zero-order valence-electron chi connectivity index (χ0n) is 15.0. The average molecular weight is 347 g/mol. The molecule has 0 radical (unpaired) electrons. The predicted molar refractivity (Wildman–Crippen MR) is 94.5 cm³/mol. The van der Waals surface area contributed by atoms with Gasteiger partial charge in [0, 0.05) is 25.2 Å². The highest BCUT2D eigenvalue weighted by molar-refractivity contribution is 5.89. The molecular formula is C19H25NO5. The first-order chi connectivity index (χ1) is 12.0. The van der Waals surface area contributed by atoms with E-state index in [4.69, 9.17) is 14.2 Å². The van der Waals surface area contributed by atoms with Gasteiger partial charge in [-0.1, -0.05) is 6.92 Å². The van der Waals surface area contributed by atoms with Gasteiger partial charge in [0.2, 0.25) is 0 Å². The molecule has 1 aromatic carbocycles. The second-order valence-corrected chi connectivity index (χ2v) is 6.17. The molecule has 0 N–H and O–H groups in total. The van der Waals surface area contributed by atoms with Gasteiger partial charge in [0.25, 0.3) is 5.91 Å². The van der Waals surface area contributed by atoms with Gasteiger partial charge >= 0.3 is 5.97 Å². The van der Waals surface area contributed by atoms with Crippen molar-refractivity contribution in [1.29, 1.82) is 0 Å². The molecule has 2 rings (SSSR count). The fraction of sp³-hybridized carbons (Fsp3) is 0.474. The number of carbonyl (C=O) groups excluding carboxylic acids is 2. The number of nitrogens with zero attached hydrogens (tertiary/aromatic N) is 1. The predicted octanol–water partition coefficient (Wildman–Crippen LogP) is 2.52. The second-order valence-electron chi connectivity index (χ2n) is 6.17. The fourth-order valence-electron chi connectivity index (χ4n) is 2.78. The lowest BCUT2D eigenvalue weighted by molar-refractivity contribution is -0.149. The van der Waals surface area contributed by atoms with Crippen LogP contribution >= 0.6 is 0 Å². The van der Waals surface area contributed by atoms with Crippen LogP contribution in [0.2, 0.25) is 0 Å². The quantitative estimate of drug-likeness (QED) is 0.584. The summed E-state index contributed by atoms with van der Waals surface area (Å²) >= 11 is 0. The zero-order valence-corrected chi connectivity index (χ0v) is 15.0. The average Bonchev–Trinajstić information content (AvgIpc) is 2.63. The van der Waals surface area contributed by atoms with E-state index in [2.05, 4.69) is 6.92 Å². The van der Waals surface area contributed by atoms with Gasteiger partial charge in [-0.25, -0.2) is 4.79 Å². The Morgan fingerprint density at radius 3 is 2.48 bits per heavy atom. The van der Waals surface area contributed by atoms with Crippen LogP contribution < -0.4 is 9.47 Å². The third-order valence-electron chi connectivity index (χ3n) is 4.13. The number of esters is 1. The van der Waals surface area contributed by atoms with Gasteiger partial charge in [0.15, 0.2) is 6.61 Å². The summed E-state index contributed by atoms with van der Waals surface area (Å²) in [6.45, 7) is 3.36. The Kier molecular flexibility index (Phi) is 6.86. The van der Waals surface area contributed by atoms with Crippen LogP contribution in [-0.4, -0.2) is 50.7 Å². The summed E-state index contributed by atoms with van der Waals surface area (Å²) in [6, 6.07) is 5.28. The lowest BCUT2D eigenvalue weighted by Crippen LogP contribution is -2.41. The first kappa shape index (κ1) is 18.8. The third kappa shape index (κ3) is 5.81. The number of amides is 1. The molecule has 1 atom stereocenters. The van der Waals surface area contributed by atoms with Gasteiger partial charge in [-0.2, -0.15) is 0 Å². The van der Waals surface area contributed by atoms with E-state index in [1.54, 1.807) is 43.4 Å². The van der Waals surface area contributed by atoms with E-state index in [0.29, 0.717) is 17.4 Å². The standard InChI is InChI=1S/C19H25NO5/c1-14-5-4-8-20(12-14)18(21)13-25-19(22)7-6-15-9-16(23-2)11-17(10-15)24-3/h6-7,9-11,14H,4-5,8,12-13H2,1-3H3/b7-6+/t14-/m0/s1. The van der Waals surface area contributed by atoms with Crippen LogP contribution in [0.25, 0.3) is 6.08 Å². The maximum Gasteiger partial charge on any atom is 0.331 e. The SMILES string of the molecule is COc1cc(/C=C/C(=O)OCC(=O)N2CCC[C@H](C)C2)cc(OC)c1. The summed E-state index contributed by atoms with van der Waals surface area (Å²) in [6.07, 6.45) is 5.02. The van der Waals surface area contributed by atoms with E-state index in [9.17, 15) is 9.59 Å². The van der Waals surface area contributed by atoms with E-state index in [1.165, 1.54) is 6.08 Å². The van der Waals surface area contributed by atoms with Crippen molar-refractivity contribution in [2.45, 2.75) is 19.8 Å². The number of methoxy groups -OCH3 is 2. The number of likely N-dealkylation sites (tertiary alicyclic amines) is 1. The van der Waals surface area contributed by atoms with Crippen molar-refractivity contribution in [3.8, 4) is 11.5 Å². The number of carbonyl (C=O) groups is 2. The number of rotatable bonds is 6. The van der Waals surface area contributed by atoms with E-state index in [0.717, 1.165) is 31.5 Å². The zero-order chi connectivity index (χ0) is 18.2. The summed E-state index contributed by atoms with van der Waals surface area (Å²) < 4.78 is 15.4. The highest BCUT2D eigenvalue weighted by Gasteiger charge is 2.21. The van der Waals surface area contributed by atoms with Crippen LogP contribution in [0, 0.1) is 5.92 Å². The molecule has 1 aliphatic heterocycles. The van der Waals surface area contributed by atoms with E-state index in [1.807, 2.05) is 0 Å². The van der Waals surface area contributed by atoms with Crippen LogP contribution in [0.15, 0.2) is 24.3 Å². The molecule has 6 nitrogen and oxygen atoms in total. The minimum Gasteiger partial charge on any atom is -0.497 e. The first-order valence-electron chi connectivity index (χ1n) is 8.37. The second kappa shape index (κ2) is 9.11. The number of hydrogen-bond acceptors (Lipinski definition) is 5. The normalized spacial score (nSPS) is 17.4. The lowest BCUT2D eigenvalue weighted by atomic mass is 10.0. The Morgan fingerprint density at radius 1 is 1.20 bits per heavy atom. The summed E-state index contributed by atoms with van der Waals surface area (Å²) in [5.74, 6) is 1.05. The molecule has 6 heteroatoms. The highest BCUT2D eigenvalue weighted by Crippen LogP contribution is 2.23. The maximum atomic E-state index is 12.1. The van der Waals surface area contributed by atoms with Gasteiger partial charge in [-0.3, -0.25) is 4.79 Å². The Hall–Kier alpha value is -2.50. The molecule has 1 amide bonds. The smallest absolute Gasteiger partial charge is 0.331 e. The topological polar surface area (TPSA) is 65.1 Å². The Bertz CT molecular complexity index is 618. The molecule has 0 bridgehead atoms. The number of ether oxygens (including phenoxy) is 3. The first-order valence-corrected chi connectivity index (χ1v) is 8.37. The Morgan fingerprint density at radius 2 is 1.88 bits per heavy atom. The number of hydrogen-bond donors (Lipinski definition) is 0. The van der Waals surface area contributed by atoms with Crippen LogP contribution in [0.4, 0.5) is 0 Å². The van der Waals surface area contributed by atoms with Gasteiger partial charge in [0.05, 0.1) is 14.2 Å². The molecule has 1 fully saturated rings. The molecule has 1 aromatic rings. The summed E-state index contributed by atoms with van der Waals surface area (Å²) in [5.41, 5.74) is 0.740. The van der Waals surface area contributed by atoms with Crippen molar-refractivity contribution >= 4 is 18.0 Å². The van der Waals surface area contributed by atoms with E-state index in [-0.39, 0.29) is 12.5 Å². The van der Waals surface area contributed by atoms with Crippen molar-refractivity contribution in [2.24, 2.45) is 5.92 Å². The van der Waals surface area contributed by atoms with Gasteiger partial charge in [-0.15, -0.1) is 0 Å². The van der Waals surface area contributed by atoms with Crippen LogP contribution in [0.5, 0.6) is 11.5 Å². The molecule has 25 heavy (non-hydrogen) atoms. The molecule has 0 spiro atoms. The van der Waals surface area contributed by atoms with E-state index >= 15 is 0 Å². The highest BCUT2D eigenvalue weighted by atomic mass is 16.5. The Labute approximate surface area is 148 Å². The molecule has 0 saturated carbocycles. The molecular weight excluding hydrogens is 322 g/mol. The lowest BCUT2D eigenvalue weighted by Gasteiger charge is -2.30. The molecule has 1 aliphatic rings. The van der Waals surface area contributed by atoms with Crippen LogP contribution in [0.1, 0.15) is 25.3 Å². The largest absolute Gasteiger partial charge is 0.497 e. The van der Waals surface area contributed by atoms with Gasteiger partial charge in [-0.05, 0) is 42.5 Å². The monoisotopic (exact) mass is 347 g/mol. The van der Waals surface area contributed by atoms with Crippen molar-refractivity contribution in [3.05, 3.63) is 29.8 Å². The number of benzene rings is 1. The summed E-state index contributed by atoms with van der Waals surface area (Å²) in [5, 5.41) is 0. The van der Waals surface area contributed by atoms with Crippen molar-refractivity contribution < 1.29 is 23.8 Å². The Balaban J connectivity index is 1.87. The van der Waals surface area contributed by atoms with Crippen molar-refractivity contribution in [1.82, 2.24) is 4.90 Å². The van der Waals surface area contributed by atoms with Crippen molar-refractivity contribution in [2.75, 3.05) is 33.9 Å². The van der Waals surface area contributed by atoms with Gasteiger partial charge in [0.1, 0.15) is 11.5 Å². The minimum atomic E-state index is -0.555. The van der Waals surface area contributed by atoms with E-state index < -0.39 is 5.97 Å². The summed E-state index contributed by atoms with van der Waals surface area (Å²) in [7, 11) is 3.12. The third-order valence-corrected chi connectivity index (χ3v) is 4.13. The van der Waals surface area contributed by atoms with Crippen LogP contribution in [0.3, 0.4) is 0 Å².